The van der Waals surface area contributed by atoms with E-state index in [0.29, 0.717) is 0 Å². The van der Waals surface area contributed by atoms with Crippen LogP contribution in [0.4, 0.5) is 0 Å². The largest absolute Gasteiger partial charge is 0.480 e. The van der Waals surface area contributed by atoms with Crippen molar-refractivity contribution in [3.8, 4) is 0 Å². The van der Waals surface area contributed by atoms with E-state index >= 15 is 0 Å². The zero-order chi connectivity index (χ0) is 24.6. The number of primary amides is 1. The lowest BCUT2D eigenvalue weighted by Gasteiger charge is -2.28. The van der Waals surface area contributed by atoms with Crippen LogP contribution in [0.3, 0.4) is 0 Å². The number of carboxylic acids is 1. The molecule has 0 bridgehead atoms. The average Bonchev–Trinajstić information content (AvgIpc) is 2.78. The van der Waals surface area contributed by atoms with Gasteiger partial charge >= 0.3 is 5.97 Å². The van der Waals surface area contributed by atoms with Crippen LogP contribution in [0, 0.1) is 0 Å². The van der Waals surface area contributed by atoms with Gasteiger partial charge in [0.1, 0.15) is 6.04 Å². The molecule has 1 unspecified atom stereocenters. The van der Waals surface area contributed by atoms with Crippen molar-refractivity contribution in [3.63, 3.8) is 0 Å². The van der Waals surface area contributed by atoms with Crippen molar-refractivity contribution in [1.29, 1.82) is 0 Å². The maximum atomic E-state index is 11.8. The SMILES string of the molecule is CCCCCCCCCCCCN(CCCCCCCCCCCC)C(CC(N)=O)C(=O)O. The topological polar surface area (TPSA) is 83.6 Å². The predicted octanol–water partition coefficient (Wildman–Crippen LogP) is 7.46. The van der Waals surface area contributed by atoms with E-state index in [1.54, 1.807) is 0 Å². The van der Waals surface area contributed by atoms with Crippen LogP contribution in [0.1, 0.15) is 149 Å². The molecule has 33 heavy (non-hydrogen) atoms. The second-order valence-corrected chi connectivity index (χ2v) is 9.92. The molecular weight excluding hydrogens is 412 g/mol. The fourth-order valence-electron chi connectivity index (χ4n) is 4.59. The molecule has 0 aromatic heterocycles. The molecule has 0 radical (unpaired) electrons. The molecule has 1 atom stereocenters. The standard InChI is InChI=1S/C28H56N2O3/c1-3-5-7-9-11-13-15-17-19-21-23-30(26(28(32)33)25-27(29)31)24-22-20-18-16-14-12-10-8-6-4-2/h26H,3-25H2,1-2H3,(H2,29,31)(H,32,33). The normalized spacial score (nSPS) is 12.3. The lowest BCUT2D eigenvalue weighted by atomic mass is 10.0. The van der Waals surface area contributed by atoms with Gasteiger partial charge < -0.3 is 10.8 Å². The van der Waals surface area contributed by atoms with E-state index in [4.69, 9.17) is 5.73 Å². The van der Waals surface area contributed by atoms with E-state index in [1.807, 2.05) is 4.90 Å². The monoisotopic (exact) mass is 468 g/mol. The number of hydrogen-bond donors (Lipinski definition) is 2. The number of unbranched alkanes of at least 4 members (excludes halogenated alkanes) is 18. The zero-order valence-electron chi connectivity index (χ0n) is 22.1. The van der Waals surface area contributed by atoms with Crippen LogP contribution in [-0.4, -0.2) is 41.0 Å². The maximum Gasteiger partial charge on any atom is 0.321 e. The summed E-state index contributed by atoms with van der Waals surface area (Å²) >= 11 is 0. The van der Waals surface area contributed by atoms with Crippen molar-refractivity contribution < 1.29 is 14.7 Å². The Labute approximate surface area is 205 Å². The predicted molar refractivity (Wildman–Crippen MR) is 140 cm³/mol. The first-order valence-corrected chi connectivity index (χ1v) is 14.3. The van der Waals surface area contributed by atoms with E-state index in [1.165, 1.54) is 103 Å². The highest BCUT2D eigenvalue weighted by Gasteiger charge is 2.26. The Kier molecular flexibility index (Phi) is 23.2. The molecule has 0 aliphatic carbocycles. The highest BCUT2D eigenvalue weighted by atomic mass is 16.4. The van der Waals surface area contributed by atoms with Gasteiger partial charge in [0.05, 0.1) is 6.42 Å². The number of nitrogens with zero attached hydrogens (tertiary/aromatic N) is 1. The number of nitrogens with two attached hydrogens (primary N) is 1. The Balaban J connectivity index is 4.14. The zero-order valence-corrected chi connectivity index (χ0v) is 22.1. The number of carboxylic acid groups (broad SMARTS) is 1. The van der Waals surface area contributed by atoms with Gasteiger partial charge in [-0.25, -0.2) is 0 Å². The van der Waals surface area contributed by atoms with Gasteiger partial charge in [-0.15, -0.1) is 0 Å². The molecule has 0 fully saturated rings. The number of hydrogen-bond acceptors (Lipinski definition) is 3. The molecule has 0 saturated carbocycles. The lowest BCUT2D eigenvalue weighted by Crippen LogP contribution is -2.44. The molecule has 1 amide bonds. The first-order chi connectivity index (χ1) is 16.0. The minimum absolute atomic E-state index is 0.0924. The van der Waals surface area contributed by atoms with Gasteiger partial charge in [0.15, 0.2) is 0 Å². The van der Waals surface area contributed by atoms with E-state index in [2.05, 4.69) is 13.8 Å². The lowest BCUT2D eigenvalue weighted by molar-refractivity contribution is -0.145. The molecule has 0 spiro atoms. The average molecular weight is 469 g/mol. The van der Waals surface area contributed by atoms with Crippen LogP contribution < -0.4 is 5.73 Å². The van der Waals surface area contributed by atoms with E-state index in [9.17, 15) is 14.7 Å². The molecule has 0 aliphatic heterocycles. The second-order valence-electron chi connectivity index (χ2n) is 9.92. The molecular formula is C28H56N2O3. The van der Waals surface area contributed by atoms with E-state index in [-0.39, 0.29) is 6.42 Å². The summed E-state index contributed by atoms with van der Waals surface area (Å²) in [6, 6.07) is -0.778. The molecule has 0 rings (SSSR count). The molecule has 0 saturated heterocycles. The van der Waals surface area contributed by atoms with Gasteiger partial charge in [0.25, 0.3) is 0 Å². The summed E-state index contributed by atoms with van der Waals surface area (Å²) in [6.07, 6.45) is 25.2. The number of rotatable bonds is 26. The van der Waals surface area contributed by atoms with Crippen molar-refractivity contribution in [2.24, 2.45) is 5.73 Å². The number of carbonyl (C=O) groups excluding carboxylic acids is 1. The Morgan fingerprint density at radius 2 is 0.909 bits per heavy atom. The van der Waals surface area contributed by atoms with Crippen LogP contribution in [0.25, 0.3) is 0 Å². The van der Waals surface area contributed by atoms with E-state index in [0.717, 1.165) is 38.8 Å². The summed E-state index contributed by atoms with van der Waals surface area (Å²) in [5, 5.41) is 9.67. The quantitative estimate of drug-likeness (QED) is 0.129. The minimum atomic E-state index is -0.923. The van der Waals surface area contributed by atoms with Gasteiger partial charge in [0, 0.05) is 0 Å². The van der Waals surface area contributed by atoms with Gasteiger partial charge in [-0.1, -0.05) is 129 Å². The van der Waals surface area contributed by atoms with Crippen LogP contribution in [-0.2, 0) is 9.59 Å². The first kappa shape index (κ1) is 31.9. The highest BCUT2D eigenvalue weighted by Crippen LogP contribution is 2.15. The second kappa shape index (κ2) is 24.0. The van der Waals surface area contributed by atoms with Gasteiger partial charge in [-0.2, -0.15) is 0 Å². The van der Waals surface area contributed by atoms with Gasteiger partial charge in [-0.05, 0) is 25.9 Å². The minimum Gasteiger partial charge on any atom is -0.480 e. The van der Waals surface area contributed by atoms with E-state index < -0.39 is 17.9 Å². The molecule has 196 valence electrons. The van der Waals surface area contributed by atoms with Gasteiger partial charge in [0.2, 0.25) is 5.91 Å². The first-order valence-electron chi connectivity index (χ1n) is 14.3. The molecule has 0 aromatic carbocycles. The fraction of sp³-hybridized carbons (Fsp3) is 0.929. The van der Waals surface area contributed by atoms with Crippen molar-refractivity contribution >= 4 is 11.9 Å². The summed E-state index contributed by atoms with van der Waals surface area (Å²) in [5.74, 6) is -1.45. The molecule has 5 nitrogen and oxygen atoms in total. The van der Waals surface area contributed by atoms with Crippen LogP contribution in [0.15, 0.2) is 0 Å². The number of amides is 1. The number of aliphatic carboxylic acids is 1. The van der Waals surface area contributed by atoms with Crippen molar-refractivity contribution in [2.75, 3.05) is 13.1 Å². The number of carbonyl (C=O) groups is 2. The summed E-state index contributed by atoms with van der Waals surface area (Å²) in [5.41, 5.74) is 5.35. The smallest absolute Gasteiger partial charge is 0.321 e. The molecule has 0 heterocycles. The van der Waals surface area contributed by atoms with Crippen molar-refractivity contribution in [2.45, 2.75) is 155 Å². The molecule has 0 aromatic rings. The summed E-state index contributed by atoms with van der Waals surface area (Å²) in [6.45, 7) is 5.99. The molecule has 0 aliphatic rings. The Hall–Kier alpha value is -1.10. The van der Waals surface area contributed by atoms with Crippen LogP contribution >= 0.6 is 0 Å². The molecule has 5 heteroatoms. The van der Waals surface area contributed by atoms with Gasteiger partial charge in [-0.3, -0.25) is 14.5 Å². The van der Waals surface area contributed by atoms with Crippen LogP contribution in [0.2, 0.25) is 0 Å². The van der Waals surface area contributed by atoms with Crippen molar-refractivity contribution in [3.05, 3.63) is 0 Å². The third kappa shape index (κ3) is 21.2. The Bertz CT molecular complexity index is 432. The molecule has 3 N–H and O–H groups in total. The maximum absolute atomic E-state index is 11.8. The third-order valence-electron chi connectivity index (χ3n) is 6.72. The Morgan fingerprint density at radius 1 is 0.606 bits per heavy atom. The summed E-state index contributed by atoms with van der Waals surface area (Å²) < 4.78 is 0. The summed E-state index contributed by atoms with van der Waals surface area (Å²) in [4.78, 5) is 25.2. The van der Waals surface area contributed by atoms with Crippen molar-refractivity contribution in [1.82, 2.24) is 4.90 Å². The highest BCUT2D eigenvalue weighted by molar-refractivity contribution is 5.83. The van der Waals surface area contributed by atoms with Crippen LogP contribution in [0.5, 0.6) is 0 Å². The fourth-order valence-corrected chi connectivity index (χ4v) is 4.59. The third-order valence-corrected chi connectivity index (χ3v) is 6.72. The Morgan fingerprint density at radius 3 is 1.18 bits per heavy atom. The summed E-state index contributed by atoms with van der Waals surface area (Å²) in [7, 11) is 0.